The van der Waals surface area contributed by atoms with Crippen LogP contribution in [0.5, 0.6) is 0 Å². The molecule has 0 atom stereocenters. The first-order valence-electron chi connectivity index (χ1n) is 10.4. The molecule has 3 aromatic rings. The van der Waals surface area contributed by atoms with Gasteiger partial charge in [0.25, 0.3) is 11.1 Å². The summed E-state index contributed by atoms with van der Waals surface area (Å²) in [6.07, 6.45) is 1.77. The maximum atomic E-state index is 12.5. The number of thioether (sulfide) groups is 1. The topological polar surface area (TPSA) is 81.0 Å². The van der Waals surface area contributed by atoms with Gasteiger partial charge in [0.2, 0.25) is 0 Å². The van der Waals surface area contributed by atoms with E-state index in [1.807, 2.05) is 36.4 Å². The summed E-state index contributed by atoms with van der Waals surface area (Å²) >= 11 is 0.970. The zero-order valence-corrected chi connectivity index (χ0v) is 19.2. The third kappa shape index (κ3) is 3.82. The van der Waals surface area contributed by atoms with Crippen LogP contribution in [0.25, 0.3) is 27.9 Å². The molecule has 1 aromatic heterocycles. The summed E-state index contributed by atoms with van der Waals surface area (Å²) in [5, 5.41) is 5.73. The van der Waals surface area contributed by atoms with Gasteiger partial charge in [-0.05, 0) is 74.0 Å². The van der Waals surface area contributed by atoms with E-state index in [2.05, 4.69) is 16.6 Å². The van der Waals surface area contributed by atoms with Gasteiger partial charge < -0.3 is 9.40 Å². The highest BCUT2D eigenvalue weighted by molar-refractivity contribution is 8.18. The smallest absolute Gasteiger partial charge is 0.331 e. The maximum absolute atomic E-state index is 12.5. The number of carbonyl (C=O) groups is 3. The highest BCUT2D eigenvalue weighted by atomic mass is 32.2. The van der Waals surface area contributed by atoms with Gasteiger partial charge in [0.15, 0.2) is 0 Å². The van der Waals surface area contributed by atoms with Crippen molar-refractivity contribution in [3.05, 3.63) is 52.4 Å². The van der Waals surface area contributed by atoms with Crippen molar-refractivity contribution in [1.82, 2.24) is 9.47 Å². The molecule has 1 aliphatic rings. The first-order chi connectivity index (χ1) is 15.3. The van der Waals surface area contributed by atoms with E-state index in [1.54, 1.807) is 19.9 Å². The van der Waals surface area contributed by atoms with Crippen molar-refractivity contribution in [3.63, 3.8) is 0 Å². The van der Waals surface area contributed by atoms with Gasteiger partial charge in [-0.25, -0.2) is 4.79 Å². The Morgan fingerprint density at radius 1 is 1.03 bits per heavy atom. The number of hydrogen-bond acceptors (Lipinski definition) is 6. The molecule has 0 spiro atoms. The number of nitrogens with zero attached hydrogens (tertiary/aromatic N) is 3. The Kier molecular flexibility index (Phi) is 5.88. The van der Waals surface area contributed by atoms with Crippen LogP contribution in [0, 0.1) is 0 Å². The van der Waals surface area contributed by atoms with Crippen molar-refractivity contribution in [2.24, 2.45) is 5.16 Å². The Morgan fingerprint density at radius 2 is 1.72 bits per heavy atom. The average Bonchev–Trinajstić information content (AvgIpc) is 3.23. The molecule has 0 bridgehead atoms. The molecule has 4 rings (SSSR count). The van der Waals surface area contributed by atoms with Crippen LogP contribution in [0.15, 0.2) is 46.5 Å². The molecule has 0 unspecified atom stereocenters. The molecule has 2 heterocycles. The van der Waals surface area contributed by atoms with Crippen LogP contribution in [-0.4, -0.2) is 38.8 Å². The number of hydrogen-bond donors (Lipinski definition) is 0. The van der Waals surface area contributed by atoms with E-state index in [9.17, 15) is 14.4 Å². The number of likely N-dealkylation sites (N-methyl/N-ethyl adjacent to an activating group) is 1. The highest BCUT2D eigenvalue weighted by Crippen LogP contribution is 2.34. The zero-order valence-electron chi connectivity index (χ0n) is 18.3. The number of fused-ring (bicyclic) bond motifs is 3. The molecule has 2 amide bonds. The predicted molar refractivity (Wildman–Crippen MR) is 127 cm³/mol. The van der Waals surface area contributed by atoms with Crippen molar-refractivity contribution in [1.29, 1.82) is 0 Å². The minimum absolute atomic E-state index is 0.236. The Bertz CT molecular complexity index is 1340. The number of oxime groups is 1. The number of amides is 2. The number of aromatic nitrogens is 1. The number of benzene rings is 2. The Morgan fingerprint density at radius 3 is 2.34 bits per heavy atom. The third-order valence-corrected chi connectivity index (χ3v) is 6.33. The van der Waals surface area contributed by atoms with Gasteiger partial charge in [0.05, 0.1) is 10.6 Å². The lowest BCUT2D eigenvalue weighted by molar-refractivity contribution is -0.140. The van der Waals surface area contributed by atoms with Gasteiger partial charge >= 0.3 is 5.97 Å². The number of rotatable bonds is 5. The molecular formula is C24H23N3O4S. The summed E-state index contributed by atoms with van der Waals surface area (Å²) in [5.41, 5.74) is 4.46. The Hall–Kier alpha value is -3.39. The minimum Gasteiger partial charge on any atom is -0.341 e. The highest BCUT2D eigenvalue weighted by Gasteiger charge is 2.33. The fraction of sp³-hybridized carbons (Fsp3) is 0.250. The molecule has 164 valence electrons. The second kappa shape index (κ2) is 8.63. The second-order valence-electron chi connectivity index (χ2n) is 7.44. The van der Waals surface area contributed by atoms with Crippen LogP contribution in [0.1, 0.15) is 38.8 Å². The molecule has 0 aliphatic carbocycles. The summed E-state index contributed by atoms with van der Waals surface area (Å²) in [5.74, 6) is -0.719. The van der Waals surface area contributed by atoms with Crippen LogP contribution in [-0.2, 0) is 21.0 Å². The van der Waals surface area contributed by atoms with Crippen LogP contribution in [0.3, 0.4) is 0 Å². The molecule has 2 aromatic carbocycles. The van der Waals surface area contributed by atoms with E-state index in [1.165, 1.54) is 11.8 Å². The lowest BCUT2D eigenvalue weighted by Crippen LogP contribution is -2.27. The van der Waals surface area contributed by atoms with Crippen molar-refractivity contribution in [2.45, 2.75) is 34.2 Å². The molecule has 0 radical (unpaired) electrons. The van der Waals surface area contributed by atoms with Crippen molar-refractivity contribution in [2.75, 3.05) is 6.54 Å². The van der Waals surface area contributed by atoms with Crippen LogP contribution < -0.4 is 0 Å². The fourth-order valence-corrected chi connectivity index (χ4v) is 4.79. The second-order valence-corrected chi connectivity index (χ2v) is 8.43. The van der Waals surface area contributed by atoms with Crippen LogP contribution >= 0.6 is 11.8 Å². The van der Waals surface area contributed by atoms with Gasteiger partial charge in [-0.2, -0.15) is 0 Å². The number of aryl methyl sites for hydroxylation is 1. The van der Waals surface area contributed by atoms with Gasteiger partial charge in [-0.15, -0.1) is 0 Å². The van der Waals surface area contributed by atoms with E-state index in [-0.39, 0.29) is 11.1 Å². The Labute approximate surface area is 189 Å². The SMILES string of the molecule is CCN1C(=O)SC(=Cc2ccc3c(c2)c2cc(C(C)=NOC(C)=O)ccc2n3CC)C1=O. The summed E-state index contributed by atoms with van der Waals surface area (Å²) in [4.78, 5) is 42.0. The van der Waals surface area contributed by atoms with Gasteiger partial charge in [0, 0.05) is 41.8 Å². The molecular weight excluding hydrogens is 426 g/mol. The quantitative estimate of drug-likeness (QED) is 0.233. The summed E-state index contributed by atoms with van der Waals surface area (Å²) in [6, 6.07) is 12.0. The van der Waals surface area contributed by atoms with E-state index in [4.69, 9.17) is 4.84 Å². The van der Waals surface area contributed by atoms with Crippen LogP contribution in [0.2, 0.25) is 0 Å². The van der Waals surface area contributed by atoms with Crippen molar-refractivity contribution < 1.29 is 19.2 Å². The fourth-order valence-electron chi connectivity index (χ4n) is 3.89. The predicted octanol–water partition coefficient (Wildman–Crippen LogP) is 5.16. The molecule has 7 nitrogen and oxygen atoms in total. The largest absolute Gasteiger partial charge is 0.341 e. The van der Waals surface area contributed by atoms with Crippen LogP contribution in [0.4, 0.5) is 4.79 Å². The standard InChI is InChI=1S/C24H23N3O4S/c1-5-26-20-9-7-16(12-22-23(29)27(6-2)24(30)32-22)11-18(20)19-13-17(8-10-21(19)26)14(3)25-31-15(4)28/h7-13H,5-6H2,1-4H3. The molecule has 32 heavy (non-hydrogen) atoms. The summed E-state index contributed by atoms with van der Waals surface area (Å²) in [6.45, 7) is 8.14. The molecule has 1 fully saturated rings. The van der Waals surface area contributed by atoms with E-state index >= 15 is 0 Å². The maximum Gasteiger partial charge on any atom is 0.331 e. The lowest BCUT2D eigenvalue weighted by atomic mass is 10.0. The van der Waals surface area contributed by atoms with Gasteiger partial charge in [0.1, 0.15) is 0 Å². The van der Waals surface area contributed by atoms with Crippen molar-refractivity contribution >= 4 is 62.5 Å². The average molecular weight is 450 g/mol. The minimum atomic E-state index is -0.467. The van der Waals surface area contributed by atoms with Crippen molar-refractivity contribution in [3.8, 4) is 0 Å². The molecule has 8 heteroatoms. The monoisotopic (exact) mass is 449 g/mol. The van der Waals surface area contributed by atoms with E-state index in [0.29, 0.717) is 17.2 Å². The lowest BCUT2D eigenvalue weighted by Gasteiger charge is -2.07. The number of imide groups is 1. The summed E-state index contributed by atoms with van der Waals surface area (Å²) in [7, 11) is 0. The number of carbonyl (C=O) groups excluding carboxylic acids is 3. The van der Waals surface area contributed by atoms with E-state index < -0.39 is 5.97 Å². The Balaban J connectivity index is 1.83. The summed E-state index contributed by atoms with van der Waals surface area (Å²) < 4.78 is 2.22. The normalized spacial score (nSPS) is 16.1. The first kappa shape index (κ1) is 21.8. The molecule has 0 saturated carbocycles. The van der Waals surface area contributed by atoms with Gasteiger partial charge in [-0.3, -0.25) is 14.5 Å². The molecule has 1 aliphatic heterocycles. The molecule has 1 saturated heterocycles. The van der Waals surface area contributed by atoms with E-state index in [0.717, 1.165) is 51.2 Å². The third-order valence-electron chi connectivity index (χ3n) is 5.42. The first-order valence-corrected chi connectivity index (χ1v) is 11.2. The molecule has 0 N–H and O–H groups in total. The zero-order chi connectivity index (χ0) is 23.0. The van der Waals surface area contributed by atoms with Gasteiger partial charge in [-0.1, -0.05) is 17.3 Å².